The highest BCUT2D eigenvalue weighted by Gasteiger charge is 2.31. The molecule has 134 valence electrons. The van der Waals surface area contributed by atoms with Crippen molar-refractivity contribution < 1.29 is 13.7 Å². The van der Waals surface area contributed by atoms with Gasteiger partial charge in [-0.05, 0) is 37.1 Å². The molecule has 0 saturated heterocycles. The van der Waals surface area contributed by atoms with Gasteiger partial charge in [0.05, 0.1) is 12.1 Å². The summed E-state index contributed by atoms with van der Waals surface area (Å²) in [7, 11) is 0. The van der Waals surface area contributed by atoms with E-state index in [1.54, 1.807) is 6.07 Å². The van der Waals surface area contributed by atoms with Gasteiger partial charge in [0.2, 0.25) is 11.7 Å². The van der Waals surface area contributed by atoms with Crippen LogP contribution >= 0.6 is 0 Å². The van der Waals surface area contributed by atoms with Crippen LogP contribution in [0.5, 0.6) is 0 Å². The number of hydrogen-bond donors (Lipinski definition) is 0. The molecule has 1 unspecified atom stereocenters. The lowest BCUT2D eigenvalue weighted by molar-refractivity contribution is -0.118. The van der Waals surface area contributed by atoms with Gasteiger partial charge in [-0.25, -0.2) is 0 Å². The zero-order valence-corrected chi connectivity index (χ0v) is 14.9. The molecule has 5 nitrogen and oxygen atoms in total. The molecule has 3 heterocycles. The largest absolute Gasteiger partial charge is 0.453 e. The third-order valence-corrected chi connectivity index (χ3v) is 5.04. The lowest BCUT2D eigenvalue weighted by Crippen LogP contribution is -2.36. The molecule has 0 fully saturated rings. The fourth-order valence-electron chi connectivity index (χ4n) is 3.80. The summed E-state index contributed by atoms with van der Waals surface area (Å²) in [6.07, 6.45) is 1.08. The molecular formula is C22H18N2O3. The second-order valence-electron chi connectivity index (χ2n) is 6.95. The number of nitrogens with zero attached hydrogens (tertiary/aromatic N) is 2. The smallest absolute Gasteiger partial charge is 0.233 e. The van der Waals surface area contributed by atoms with Gasteiger partial charge in [-0.1, -0.05) is 41.6 Å². The number of fused-ring (bicyclic) bond motifs is 2. The molecule has 1 aliphatic heterocycles. The van der Waals surface area contributed by atoms with Crippen LogP contribution in [0.1, 0.15) is 18.2 Å². The highest BCUT2D eigenvalue weighted by atomic mass is 16.5. The van der Waals surface area contributed by atoms with E-state index in [1.807, 2.05) is 53.4 Å². The maximum Gasteiger partial charge on any atom is 0.233 e. The van der Waals surface area contributed by atoms with Gasteiger partial charge in [0, 0.05) is 23.2 Å². The summed E-state index contributed by atoms with van der Waals surface area (Å²) >= 11 is 0. The Morgan fingerprint density at radius 2 is 1.93 bits per heavy atom. The highest BCUT2D eigenvalue weighted by Crippen LogP contribution is 2.33. The van der Waals surface area contributed by atoms with E-state index in [0.717, 1.165) is 23.1 Å². The Morgan fingerprint density at radius 1 is 1.11 bits per heavy atom. The second kappa shape index (κ2) is 6.13. The molecule has 5 heteroatoms. The Kier molecular flexibility index (Phi) is 3.60. The number of rotatable bonds is 3. The maximum atomic E-state index is 12.9. The summed E-state index contributed by atoms with van der Waals surface area (Å²) in [6, 6.07) is 19.7. The predicted molar refractivity (Wildman–Crippen MR) is 103 cm³/mol. The Hall–Kier alpha value is -3.34. The first-order chi connectivity index (χ1) is 13.2. The minimum atomic E-state index is 0.0249. The molecule has 0 saturated carbocycles. The molecule has 0 aliphatic carbocycles. The molecule has 1 amide bonds. The topological polar surface area (TPSA) is 59.5 Å². The van der Waals surface area contributed by atoms with Crippen molar-refractivity contribution in [3.63, 3.8) is 0 Å². The van der Waals surface area contributed by atoms with Crippen LogP contribution in [0.15, 0.2) is 69.6 Å². The molecule has 2 aromatic carbocycles. The van der Waals surface area contributed by atoms with Crippen molar-refractivity contribution in [2.75, 3.05) is 4.90 Å². The summed E-state index contributed by atoms with van der Waals surface area (Å²) in [4.78, 5) is 14.8. The van der Waals surface area contributed by atoms with Gasteiger partial charge in [0.1, 0.15) is 5.58 Å². The van der Waals surface area contributed by atoms with Gasteiger partial charge in [-0.2, -0.15) is 0 Å². The van der Waals surface area contributed by atoms with Crippen LogP contribution in [0.3, 0.4) is 0 Å². The van der Waals surface area contributed by atoms with Crippen molar-refractivity contribution in [3.05, 3.63) is 71.9 Å². The molecule has 0 radical (unpaired) electrons. The summed E-state index contributed by atoms with van der Waals surface area (Å²) in [5, 5.41) is 5.08. The average Bonchev–Trinajstić information content (AvgIpc) is 3.36. The number of aromatic nitrogens is 1. The molecule has 1 atom stereocenters. The first kappa shape index (κ1) is 15.9. The molecule has 1 aliphatic rings. The SMILES string of the molecule is CC1Cc2ccccc2N1C(=O)Cc1cc(-c2cc3ccccc3o2)on1. The van der Waals surface area contributed by atoms with E-state index >= 15 is 0 Å². The third kappa shape index (κ3) is 2.72. The summed E-state index contributed by atoms with van der Waals surface area (Å²) in [5.41, 5.74) is 3.61. The lowest BCUT2D eigenvalue weighted by atomic mass is 10.1. The van der Waals surface area contributed by atoms with Gasteiger partial charge in [-0.15, -0.1) is 0 Å². The number of anilines is 1. The summed E-state index contributed by atoms with van der Waals surface area (Å²) < 4.78 is 11.2. The molecule has 0 N–H and O–H groups in total. The van der Waals surface area contributed by atoms with Gasteiger partial charge < -0.3 is 13.8 Å². The van der Waals surface area contributed by atoms with Crippen LogP contribution in [0.25, 0.3) is 22.5 Å². The second-order valence-corrected chi connectivity index (χ2v) is 6.95. The number of amides is 1. The average molecular weight is 358 g/mol. The van der Waals surface area contributed by atoms with Crippen LogP contribution in [-0.2, 0) is 17.6 Å². The first-order valence-electron chi connectivity index (χ1n) is 9.03. The lowest BCUT2D eigenvalue weighted by Gasteiger charge is -2.22. The molecule has 0 spiro atoms. The van der Waals surface area contributed by atoms with E-state index in [2.05, 4.69) is 18.1 Å². The van der Waals surface area contributed by atoms with Gasteiger partial charge >= 0.3 is 0 Å². The number of carbonyl (C=O) groups excluding carboxylic acids is 1. The number of hydrogen-bond acceptors (Lipinski definition) is 4. The third-order valence-electron chi connectivity index (χ3n) is 5.04. The Balaban J connectivity index is 1.38. The minimum Gasteiger partial charge on any atom is -0.453 e. The Labute approximate surface area is 156 Å². The molecule has 4 aromatic rings. The highest BCUT2D eigenvalue weighted by molar-refractivity contribution is 5.97. The standard InChI is InChI=1S/C22H18N2O3/c1-14-10-15-6-2-4-8-18(15)24(14)22(25)13-17-12-21(27-23-17)20-11-16-7-3-5-9-19(16)26-20/h2-9,11-12,14H,10,13H2,1H3. The van der Waals surface area contributed by atoms with Gasteiger partial charge in [0.25, 0.3) is 0 Å². The van der Waals surface area contributed by atoms with E-state index in [-0.39, 0.29) is 18.4 Å². The van der Waals surface area contributed by atoms with Crippen LogP contribution < -0.4 is 4.90 Å². The van der Waals surface area contributed by atoms with E-state index in [4.69, 9.17) is 8.94 Å². The molecule has 2 aromatic heterocycles. The van der Waals surface area contributed by atoms with E-state index < -0.39 is 0 Å². The first-order valence-corrected chi connectivity index (χ1v) is 9.03. The van der Waals surface area contributed by atoms with Crippen molar-refractivity contribution >= 4 is 22.6 Å². The van der Waals surface area contributed by atoms with Crippen molar-refractivity contribution in [1.82, 2.24) is 5.16 Å². The Morgan fingerprint density at radius 3 is 2.81 bits per heavy atom. The summed E-state index contributed by atoms with van der Waals surface area (Å²) in [5.74, 6) is 1.17. The predicted octanol–water partition coefficient (Wildman–Crippen LogP) is 4.61. The number of benzene rings is 2. The van der Waals surface area contributed by atoms with E-state index in [9.17, 15) is 4.79 Å². The number of para-hydroxylation sites is 2. The van der Waals surface area contributed by atoms with Crippen LogP contribution in [0.4, 0.5) is 5.69 Å². The van der Waals surface area contributed by atoms with Crippen LogP contribution in [-0.4, -0.2) is 17.1 Å². The van der Waals surface area contributed by atoms with Crippen molar-refractivity contribution in [3.8, 4) is 11.5 Å². The number of carbonyl (C=O) groups is 1. The monoisotopic (exact) mass is 358 g/mol. The molecule has 27 heavy (non-hydrogen) atoms. The fraction of sp³-hybridized carbons (Fsp3) is 0.182. The van der Waals surface area contributed by atoms with Crippen molar-refractivity contribution in [2.24, 2.45) is 0 Å². The maximum absolute atomic E-state index is 12.9. The minimum absolute atomic E-state index is 0.0249. The number of furan rings is 1. The van der Waals surface area contributed by atoms with Crippen molar-refractivity contribution in [2.45, 2.75) is 25.8 Å². The van der Waals surface area contributed by atoms with Gasteiger partial charge in [0.15, 0.2) is 5.76 Å². The molecule has 0 bridgehead atoms. The van der Waals surface area contributed by atoms with Gasteiger partial charge in [-0.3, -0.25) is 4.79 Å². The van der Waals surface area contributed by atoms with Crippen molar-refractivity contribution in [1.29, 1.82) is 0 Å². The fourth-order valence-corrected chi connectivity index (χ4v) is 3.80. The zero-order valence-electron chi connectivity index (χ0n) is 14.9. The summed E-state index contributed by atoms with van der Waals surface area (Å²) in [6.45, 7) is 2.07. The van der Waals surface area contributed by atoms with Crippen LogP contribution in [0, 0.1) is 0 Å². The van der Waals surface area contributed by atoms with Crippen LogP contribution in [0.2, 0.25) is 0 Å². The van der Waals surface area contributed by atoms with E-state index in [1.165, 1.54) is 5.56 Å². The Bertz CT molecular complexity index is 1110. The normalized spacial score (nSPS) is 16.0. The van der Waals surface area contributed by atoms with E-state index in [0.29, 0.717) is 17.2 Å². The quantitative estimate of drug-likeness (QED) is 0.537. The zero-order chi connectivity index (χ0) is 18.4. The molecule has 5 rings (SSSR count). The molecular weight excluding hydrogens is 340 g/mol.